The molecular weight excluding hydrogens is 274 g/mol. The average molecular weight is 299 g/mol. The van der Waals surface area contributed by atoms with Gasteiger partial charge in [-0.1, -0.05) is 19.9 Å². The monoisotopic (exact) mass is 299 g/mol. The van der Waals surface area contributed by atoms with E-state index in [1.807, 2.05) is 0 Å². The van der Waals surface area contributed by atoms with E-state index in [4.69, 9.17) is 5.11 Å². The molecule has 2 aromatic rings. The molecule has 1 saturated carbocycles. The molecule has 1 aliphatic rings. The predicted molar refractivity (Wildman–Crippen MR) is 89.3 cm³/mol. The number of benzene rings is 1. The molecule has 0 bridgehead atoms. The highest BCUT2D eigenvalue weighted by Crippen LogP contribution is 2.40. The largest absolute Gasteiger partial charge is 0.481 e. The number of aliphatic carboxylic acids is 1. The fourth-order valence-corrected chi connectivity index (χ4v) is 3.78. The van der Waals surface area contributed by atoms with Gasteiger partial charge >= 0.3 is 5.97 Å². The predicted octanol–water partition coefficient (Wildman–Crippen LogP) is 4.66. The Bertz CT molecular complexity index is 691. The fourth-order valence-electron chi connectivity index (χ4n) is 3.78. The highest BCUT2D eigenvalue weighted by atomic mass is 16.4. The Kier molecular flexibility index (Phi) is 3.98. The first-order valence-electron chi connectivity index (χ1n) is 8.29. The van der Waals surface area contributed by atoms with Crippen molar-refractivity contribution in [1.29, 1.82) is 0 Å². The van der Waals surface area contributed by atoms with Gasteiger partial charge in [-0.3, -0.25) is 4.79 Å². The molecule has 22 heavy (non-hydrogen) atoms. The summed E-state index contributed by atoms with van der Waals surface area (Å²) in [6.07, 6.45) is 5.84. The lowest BCUT2D eigenvalue weighted by Gasteiger charge is -2.26. The maximum absolute atomic E-state index is 11.1. The molecule has 1 fully saturated rings. The van der Waals surface area contributed by atoms with E-state index < -0.39 is 5.97 Å². The number of carbonyl (C=O) groups is 1. The molecule has 3 nitrogen and oxygen atoms in total. The van der Waals surface area contributed by atoms with Gasteiger partial charge in [0, 0.05) is 24.1 Å². The van der Waals surface area contributed by atoms with Gasteiger partial charge in [0.15, 0.2) is 0 Å². The lowest BCUT2D eigenvalue weighted by molar-refractivity contribution is -0.142. The van der Waals surface area contributed by atoms with E-state index >= 15 is 0 Å². The molecule has 0 atom stereocenters. The van der Waals surface area contributed by atoms with Crippen LogP contribution < -0.4 is 0 Å². The van der Waals surface area contributed by atoms with Gasteiger partial charge in [-0.25, -0.2) is 0 Å². The highest BCUT2D eigenvalue weighted by Gasteiger charge is 2.28. The van der Waals surface area contributed by atoms with Gasteiger partial charge < -0.3 is 9.67 Å². The number of aromatic nitrogens is 1. The van der Waals surface area contributed by atoms with Crippen molar-refractivity contribution in [2.45, 2.75) is 51.4 Å². The van der Waals surface area contributed by atoms with Gasteiger partial charge in [0.1, 0.15) is 0 Å². The number of nitrogens with zero attached hydrogens (tertiary/aromatic N) is 1. The first-order chi connectivity index (χ1) is 10.5. The van der Waals surface area contributed by atoms with Crippen LogP contribution in [0.15, 0.2) is 24.4 Å². The third-order valence-corrected chi connectivity index (χ3v) is 5.23. The first-order valence-corrected chi connectivity index (χ1v) is 8.29. The summed E-state index contributed by atoms with van der Waals surface area (Å²) in [5.74, 6) is 0.262. The van der Waals surface area contributed by atoms with Gasteiger partial charge in [-0.2, -0.15) is 0 Å². The molecule has 3 heteroatoms. The molecular formula is C19H25NO2. The van der Waals surface area contributed by atoms with Crippen molar-refractivity contribution in [2.24, 2.45) is 13.0 Å². The zero-order valence-electron chi connectivity index (χ0n) is 13.7. The number of carboxylic acid groups (broad SMARTS) is 1. The van der Waals surface area contributed by atoms with Gasteiger partial charge in [0.25, 0.3) is 0 Å². The van der Waals surface area contributed by atoms with Crippen molar-refractivity contribution < 1.29 is 9.90 Å². The van der Waals surface area contributed by atoms with Crippen LogP contribution in [-0.4, -0.2) is 15.6 Å². The lowest BCUT2D eigenvalue weighted by atomic mass is 9.78. The minimum atomic E-state index is -0.626. The summed E-state index contributed by atoms with van der Waals surface area (Å²) in [6.45, 7) is 4.45. The third kappa shape index (κ3) is 2.65. The average Bonchev–Trinajstić information content (AvgIpc) is 2.84. The van der Waals surface area contributed by atoms with Crippen LogP contribution in [-0.2, 0) is 11.8 Å². The molecule has 0 aliphatic heterocycles. The second kappa shape index (κ2) is 5.79. The quantitative estimate of drug-likeness (QED) is 0.895. The molecule has 1 aliphatic carbocycles. The number of hydrogen-bond donors (Lipinski definition) is 1. The Hall–Kier alpha value is -1.77. The summed E-state index contributed by atoms with van der Waals surface area (Å²) in [6, 6.07) is 6.77. The second-order valence-electron chi connectivity index (χ2n) is 7.01. The van der Waals surface area contributed by atoms with Crippen LogP contribution in [0.4, 0.5) is 0 Å². The van der Waals surface area contributed by atoms with Crippen molar-refractivity contribution >= 4 is 16.9 Å². The van der Waals surface area contributed by atoms with E-state index in [-0.39, 0.29) is 5.92 Å². The third-order valence-electron chi connectivity index (χ3n) is 5.23. The summed E-state index contributed by atoms with van der Waals surface area (Å²) in [7, 11) is 2.10. The summed E-state index contributed by atoms with van der Waals surface area (Å²) in [4.78, 5) is 11.1. The Morgan fingerprint density at radius 2 is 1.91 bits per heavy atom. The molecule has 0 amide bonds. The van der Waals surface area contributed by atoms with Crippen molar-refractivity contribution in [3.8, 4) is 0 Å². The van der Waals surface area contributed by atoms with Crippen LogP contribution in [0.1, 0.15) is 62.5 Å². The van der Waals surface area contributed by atoms with Crippen molar-refractivity contribution in [3.63, 3.8) is 0 Å². The fraction of sp³-hybridized carbons (Fsp3) is 0.526. The molecule has 1 N–H and O–H groups in total. The lowest BCUT2D eigenvalue weighted by Crippen LogP contribution is -2.20. The number of hydrogen-bond acceptors (Lipinski definition) is 1. The molecule has 3 rings (SSSR count). The SMILES string of the molecule is CC(C)c1ccc2c(c1)c(C1CCC(C(=O)O)CC1)cn2C. The minimum Gasteiger partial charge on any atom is -0.481 e. The number of carboxylic acids is 1. The standard InChI is InChI=1S/C19H25NO2/c1-12(2)15-8-9-18-16(10-15)17(11-20(18)3)13-4-6-14(7-5-13)19(21)22/h8-14H,4-7H2,1-3H3,(H,21,22). The summed E-state index contributed by atoms with van der Waals surface area (Å²) < 4.78 is 2.21. The van der Waals surface area contributed by atoms with E-state index in [9.17, 15) is 4.79 Å². The molecule has 118 valence electrons. The Morgan fingerprint density at radius 3 is 2.50 bits per heavy atom. The highest BCUT2D eigenvalue weighted by molar-refractivity contribution is 5.85. The topological polar surface area (TPSA) is 42.2 Å². The van der Waals surface area contributed by atoms with E-state index in [1.54, 1.807) is 0 Å². The van der Waals surface area contributed by atoms with Gasteiger partial charge in [-0.05, 0) is 60.8 Å². The summed E-state index contributed by atoms with van der Waals surface area (Å²) >= 11 is 0. The smallest absolute Gasteiger partial charge is 0.306 e. The van der Waals surface area contributed by atoms with E-state index in [0.717, 1.165) is 25.7 Å². The summed E-state index contributed by atoms with van der Waals surface area (Å²) in [5, 5.41) is 10.5. The number of aryl methyl sites for hydroxylation is 1. The maximum atomic E-state index is 11.1. The molecule has 1 heterocycles. The maximum Gasteiger partial charge on any atom is 0.306 e. The van der Waals surface area contributed by atoms with Crippen LogP contribution in [0, 0.1) is 5.92 Å². The summed E-state index contributed by atoms with van der Waals surface area (Å²) in [5.41, 5.74) is 4.06. The molecule has 0 spiro atoms. The van der Waals surface area contributed by atoms with Crippen molar-refractivity contribution in [2.75, 3.05) is 0 Å². The minimum absolute atomic E-state index is 0.141. The van der Waals surface area contributed by atoms with Crippen LogP contribution in [0.3, 0.4) is 0 Å². The molecule has 0 unspecified atom stereocenters. The Balaban J connectivity index is 1.94. The normalized spacial score (nSPS) is 22.4. The molecule has 1 aromatic heterocycles. The van der Waals surface area contributed by atoms with Crippen LogP contribution in [0.25, 0.3) is 10.9 Å². The molecule has 1 aromatic carbocycles. The molecule has 0 radical (unpaired) electrons. The van der Waals surface area contributed by atoms with Crippen LogP contribution in [0.2, 0.25) is 0 Å². The van der Waals surface area contributed by atoms with Gasteiger partial charge in [0.05, 0.1) is 5.92 Å². The Labute approximate surface area is 131 Å². The van der Waals surface area contributed by atoms with E-state index in [0.29, 0.717) is 11.8 Å². The van der Waals surface area contributed by atoms with Crippen LogP contribution in [0.5, 0.6) is 0 Å². The zero-order valence-corrected chi connectivity index (χ0v) is 13.7. The number of fused-ring (bicyclic) bond motifs is 1. The Morgan fingerprint density at radius 1 is 1.23 bits per heavy atom. The van der Waals surface area contributed by atoms with Crippen molar-refractivity contribution in [1.82, 2.24) is 4.57 Å². The first kappa shape index (κ1) is 15.1. The van der Waals surface area contributed by atoms with E-state index in [1.165, 1.54) is 22.0 Å². The van der Waals surface area contributed by atoms with Crippen molar-refractivity contribution in [3.05, 3.63) is 35.5 Å². The second-order valence-corrected chi connectivity index (χ2v) is 7.01. The van der Waals surface area contributed by atoms with Gasteiger partial charge in [0.2, 0.25) is 0 Å². The number of rotatable bonds is 3. The zero-order chi connectivity index (χ0) is 15.9. The van der Waals surface area contributed by atoms with E-state index in [2.05, 4.69) is 49.9 Å². The van der Waals surface area contributed by atoms with Gasteiger partial charge in [-0.15, -0.1) is 0 Å². The molecule has 0 saturated heterocycles. The van der Waals surface area contributed by atoms with Crippen LogP contribution >= 0.6 is 0 Å².